The van der Waals surface area contributed by atoms with Gasteiger partial charge in [0.2, 0.25) is 0 Å². The van der Waals surface area contributed by atoms with Crippen molar-refractivity contribution < 1.29 is 4.79 Å². The zero-order chi connectivity index (χ0) is 19.6. The number of carbonyl (C=O) groups excluding carboxylic acids is 1. The Morgan fingerprint density at radius 2 is 2.11 bits per heavy atom. The van der Waals surface area contributed by atoms with Crippen LogP contribution in [0.4, 0.5) is 0 Å². The Balaban J connectivity index is 1.75. The minimum Gasteiger partial charge on any atom is -0.347 e. The van der Waals surface area contributed by atoms with Crippen molar-refractivity contribution >= 4 is 52.0 Å². The van der Waals surface area contributed by atoms with Crippen LogP contribution in [0.5, 0.6) is 0 Å². The van der Waals surface area contributed by atoms with Crippen LogP contribution in [0.25, 0.3) is 11.4 Å². The molecule has 10 heteroatoms. The fourth-order valence-corrected chi connectivity index (χ4v) is 4.23. The van der Waals surface area contributed by atoms with Gasteiger partial charge in [0.25, 0.3) is 5.91 Å². The lowest BCUT2D eigenvalue weighted by atomic mass is 10.1. The fourth-order valence-electron chi connectivity index (χ4n) is 2.58. The largest absolute Gasteiger partial charge is 0.347 e. The molecule has 0 bridgehead atoms. The summed E-state index contributed by atoms with van der Waals surface area (Å²) in [6, 6.07) is 6.67. The van der Waals surface area contributed by atoms with Crippen molar-refractivity contribution in [1.29, 1.82) is 0 Å². The van der Waals surface area contributed by atoms with Gasteiger partial charge in [-0.15, -0.1) is 11.3 Å². The third-order valence-corrected chi connectivity index (χ3v) is 5.91. The summed E-state index contributed by atoms with van der Waals surface area (Å²) in [6.45, 7) is 0.264. The first-order valence-corrected chi connectivity index (χ1v) is 9.92. The van der Waals surface area contributed by atoms with E-state index in [0.717, 1.165) is 5.56 Å². The van der Waals surface area contributed by atoms with Crippen LogP contribution in [-0.4, -0.2) is 33.3 Å². The molecule has 1 aromatic carbocycles. The van der Waals surface area contributed by atoms with Gasteiger partial charge in [0.1, 0.15) is 10.7 Å². The van der Waals surface area contributed by atoms with Crippen molar-refractivity contribution in [3.05, 3.63) is 55.4 Å². The lowest BCUT2D eigenvalue weighted by Crippen LogP contribution is -2.41. The van der Waals surface area contributed by atoms with Crippen molar-refractivity contribution in [2.45, 2.75) is 12.5 Å². The van der Waals surface area contributed by atoms with Gasteiger partial charge in [0.05, 0.1) is 4.88 Å². The first-order chi connectivity index (χ1) is 12.9. The highest BCUT2D eigenvalue weighted by Gasteiger charge is 2.20. The van der Waals surface area contributed by atoms with Crippen LogP contribution < -0.4 is 11.1 Å². The first-order valence-electron chi connectivity index (χ1n) is 7.97. The van der Waals surface area contributed by atoms with Crippen molar-refractivity contribution in [2.24, 2.45) is 12.8 Å². The van der Waals surface area contributed by atoms with E-state index in [9.17, 15) is 4.79 Å². The van der Waals surface area contributed by atoms with Crippen molar-refractivity contribution in [3.63, 3.8) is 0 Å². The molecule has 142 valence electrons. The molecule has 0 unspecified atom stereocenters. The second kappa shape index (κ2) is 8.58. The van der Waals surface area contributed by atoms with E-state index in [2.05, 4.69) is 15.4 Å². The van der Waals surface area contributed by atoms with E-state index in [4.69, 9.17) is 40.5 Å². The monoisotopic (exact) mass is 443 g/mol. The first kappa shape index (κ1) is 20.1. The van der Waals surface area contributed by atoms with E-state index in [1.807, 2.05) is 6.07 Å². The highest BCUT2D eigenvalue weighted by atomic mass is 35.5. The van der Waals surface area contributed by atoms with Crippen LogP contribution in [0, 0.1) is 0 Å². The number of amides is 1. The van der Waals surface area contributed by atoms with Crippen LogP contribution in [0.2, 0.25) is 14.4 Å². The van der Waals surface area contributed by atoms with Gasteiger partial charge in [0, 0.05) is 35.2 Å². The van der Waals surface area contributed by atoms with Gasteiger partial charge in [-0.05, 0) is 30.2 Å². The van der Waals surface area contributed by atoms with E-state index in [1.165, 1.54) is 17.7 Å². The average molecular weight is 445 g/mol. The van der Waals surface area contributed by atoms with Gasteiger partial charge >= 0.3 is 0 Å². The minimum atomic E-state index is -0.282. The van der Waals surface area contributed by atoms with Crippen LogP contribution in [0.1, 0.15) is 15.2 Å². The van der Waals surface area contributed by atoms with Gasteiger partial charge in [-0.25, -0.2) is 9.67 Å². The molecule has 3 rings (SSSR count). The smallest absolute Gasteiger partial charge is 0.261 e. The highest BCUT2D eigenvalue weighted by molar-refractivity contribution is 7.18. The Kier molecular flexibility index (Phi) is 6.39. The number of hydrogen-bond acceptors (Lipinski definition) is 5. The molecule has 2 heterocycles. The molecule has 3 N–H and O–H groups in total. The second-order valence-corrected chi connectivity index (χ2v) is 8.35. The molecule has 1 amide bonds. The predicted molar refractivity (Wildman–Crippen MR) is 110 cm³/mol. The molecular formula is C17H16Cl3N5OS. The summed E-state index contributed by atoms with van der Waals surface area (Å²) in [4.78, 5) is 17.3. The molecule has 6 nitrogen and oxygen atoms in total. The molecule has 0 spiro atoms. The fraction of sp³-hybridized carbons (Fsp3) is 0.235. The second-order valence-electron chi connectivity index (χ2n) is 5.85. The Morgan fingerprint density at radius 1 is 1.33 bits per heavy atom. The van der Waals surface area contributed by atoms with E-state index < -0.39 is 0 Å². The number of nitrogens with one attached hydrogen (secondary N) is 1. The Labute approximate surface area is 175 Å². The number of aromatic nitrogens is 3. The molecule has 27 heavy (non-hydrogen) atoms. The van der Waals surface area contributed by atoms with E-state index in [-0.39, 0.29) is 18.5 Å². The lowest BCUT2D eigenvalue weighted by molar-refractivity contribution is 0.0942. The molecule has 0 saturated heterocycles. The molecule has 1 atom stereocenters. The van der Waals surface area contributed by atoms with Crippen LogP contribution >= 0.6 is 46.1 Å². The summed E-state index contributed by atoms with van der Waals surface area (Å²) in [5.41, 5.74) is 7.36. The van der Waals surface area contributed by atoms with Crippen LogP contribution in [0.15, 0.2) is 30.6 Å². The summed E-state index contributed by atoms with van der Waals surface area (Å²) >= 11 is 19.6. The molecular weight excluding hydrogens is 429 g/mol. The maximum atomic E-state index is 12.7. The molecule has 2 aromatic heterocycles. The maximum absolute atomic E-state index is 12.7. The summed E-state index contributed by atoms with van der Waals surface area (Å²) in [7, 11) is 1.76. The Hall–Kier alpha value is -1.64. The Bertz CT molecular complexity index is 971. The van der Waals surface area contributed by atoms with Crippen LogP contribution in [-0.2, 0) is 13.5 Å². The summed E-state index contributed by atoms with van der Waals surface area (Å²) in [5, 5.41) is 8.05. The molecule has 0 aliphatic rings. The molecule has 0 fully saturated rings. The molecule has 0 saturated carbocycles. The number of nitrogens with zero attached hydrogens (tertiary/aromatic N) is 3. The number of benzene rings is 1. The summed E-state index contributed by atoms with van der Waals surface area (Å²) < 4.78 is 2.07. The minimum absolute atomic E-state index is 0.254. The zero-order valence-electron chi connectivity index (χ0n) is 14.2. The van der Waals surface area contributed by atoms with Crippen LogP contribution in [0.3, 0.4) is 0 Å². The van der Waals surface area contributed by atoms with Crippen molar-refractivity contribution in [2.75, 3.05) is 6.54 Å². The standard InChI is InChI=1S/C17H16Cl3N5OS/c1-25-16(22-8-23-25)12-6-14(27-15(12)20)17(26)24-11(7-21)4-9-2-3-10(18)5-13(9)19/h2-3,5-6,8,11H,4,7,21H2,1H3,(H,24,26)/t11-/m0/s1. The molecule has 0 radical (unpaired) electrons. The van der Waals surface area contributed by atoms with Gasteiger partial charge in [-0.2, -0.15) is 5.10 Å². The quantitative estimate of drug-likeness (QED) is 0.605. The number of thiophene rings is 1. The molecule has 0 aliphatic heterocycles. The number of aryl methyl sites for hydroxylation is 1. The van der Waals surface area contributed by atoms with Gasteiger partial charge in [0.15, 0.2) is 5.82 Å². The topological polar surface area (TPSA) is 85.8 Å². The van der Waals surface area contributed by atoms with Gasteiger partial charge in [-0.1, -0.05) is 40.9 Å². The van der Waals surface area contributed by atoms with Gasteiger partial charge in [-0.3, -0.25) is 4.79 Å². The number of halogens is 3. The number of carbonyl (C=O) groups is 1. The zero-order valence-corrected chi connectivity index (χ0v) is 17.3. The third-order valence-electron chi connectivity index (χ3n) is 3.96. The van der Waals surface area contributed by atoms with Crippen molar-refractivity contribution in [3.8, 4) is 11.4 Å². The highest BCUT2D eigenvalue weighted by Crippen LogP contribution is 2.34. The summed E-state index contributed by atoms with van der Waals surface area (Å²) in [5.74, 6) is 0.342. The maximum Gasteiger partial charge on any atom is 0.261 e. The normalized spacial score (nSPS) is 12.2. The van der Waals surface area contributed by atoms with Gasteiger partial charge < -0.3 is 11.1 Å². The van der Waals surface area contributed by atoms with E-state index in [0.29, 0.717) is 37.1 Å². The molecule has 0 aliphatic carbocycles. The lowest BCUT2D eigenvalue weighted by Gasteiger charge is -2.17. The number of rotatable bonds is 6. The number of nitrogens with two attached hydrogens (primary N) is 1. The third kappa shape index (κ3) is 4.62. The predicted octanol–water partition coefficient (Wildman–Crippen LogP) is 3.80. The van der Waals surface area contributed by atoms with E-state index >= 15 is 0 Å². The molecule has 3 aromatic rings. The summed E-state index contributed by atoms with van der Waals surface area (Å²) in [6.07, 6.45) is 1.93. The SMILES string of the molecule is Cn1ncnc1-c1cc(C(=O)N[C@H](CN)Cc2ccc(Cl)cc2Cl)sc1Cl. The Morgan fingerprint density at radius 3 is 2.74 bits per heavy atom. The average Bonchev–Trinajstić information content (AvgIpc) is 3.21. The van der Waals surface area contributed by atoms with E-state index in [1.54, 1.807) is 29.9 Å². The number of hydrogen-bond donors (Lipinski definition) is 2. The van der Waals surface area contributed by atoms with Crippen molar-refractivity contribution in [1.82, 2.24) is 20.1 Å².